The molecule has 2 rings (SSSR count). The summed E-state index contributed by atoms with van der Waals surface area (Å²) in [5.41, 5.74) is 6.91. The second-order valence-electron chi connectivity index (χ2n) is 9.22. The lowest BCUT2D eigenvalue weighted by Crippen LogP contribution is -2.43. The fraction of sp³-hybridized carbons (Fsp3) is 0.682. The number of halogens is 1. The maximum absolute atomic E-state index is 11.4. The molecule has 0 radical (unpaired) electrons. The summed E-state index contributed by atoms with van der Waals surface area (Å²) in [6.45, 7) is 11.2. The predicted octanol–water partition coefficient (Wildman–Crippen LogP) is 3.28. The number of nitrogens with one attached hydrogen (secondary N) is 2. The van der Waals surface area contributed by atoms with Crippen LogP contribution in [0.5, 0.6) is 0 Å². The van der Waals surface area contributed by atoms with Gasteiger partial charge in [-0.2, -0.15) is 0 Å². The number of rotatable bonds is 7. The van der Waals surface area contributed by atoms with Gasteiger partial charge in [-0.3, -0.25) is 9.79 Å². The average Bonchev–Trinajstić information content (AvgIpc) is 2.69. The zero-order valence-corrected chi connectivity index (χ0v) is 21.4. The van der Waals surface area contributed by atoms with Crippen molar-refractivity contribution in [3.05, 3.63) is 23.9 Å². The number of nitrogens with zero attached hydrogens (tertiary/aromatic N) is 3. The van der Waals surface area contributed by atoms with Crippen molar-refractivity contribution in [2.24, 2.45) is 22.1 Å². The van der Waals surface area contributed by atoms with E-state index in [4.69, 9.17) is 5.73 Å². The molecule has 170 valence electrons. The number of nitrogens with two attached hydrogens (primary N) is 1. The molecule has 1 aromatic heterocycles. The molecule has 2 heterocycles. The van der Waals surface area contributed by atoms with Crippen LogP contribution in [0, 0.1) is 11.3 Å². The molecule has 0 saturated carbocycles. The minimum absolute atomic E-state index is 0. The highest BCUT2D eigenvalue weighted by molar-refractivity contribution is 14.0. The summed E-state index contributed by atoms with van der Waals surface area (Å²) in [5.74, 6) is 1.56. The first kappa shape index (κ1) is 26.5. The second-order valence-corrected chi connectivity index (χ2v) is 9.22. The van der Waals surface area contributed by atoms with Crippen LogP contribution in [0.4, 0.5) is 5.82 Å². The summed E-state index contributed by atoms with van der Waals surface area (Å²) in [6, 6.07) is 4.39. The molecule has 7 nitrogen and oxygen atoms in total. The number of aromatic nitrogens is 1. The van der Waals surface area contributed by atoms with Gasteiger partial charge in [-0.1, -0.05) is 26.8 Å². The van der Waals surface area contributed by atoms with E-state index in [0.29, 0.717) is 18.0 Å². The number of hydrogen-bond donors (Lipinski definition) is 3. The van der Waals surface area contributed by atoms with Gasteiger partial charge in [0.1, 0.15) is 5.82 Å². The first-order chi connectivity index (χ1) is 13.7. The van der Waals surface area contributed by atoms with Crippen molar-refractivity contribution in [3.8, 4) is 0 Å². The lowest BCUT2D eigenvalue weighted by molar-refractivity contribution is -0.122. The van der Waals surface area contributed by atoms with Crippen molar-refractivity contribution < 1.29 is 4.79 Å². The Balaban J connectivity index is 0.00000450. The van der Waals surface area contributed by atoms with E-state index in [0.717, 1.165) is 56.1 Å². The van der Waals surface area contributed by atoms with Crippen LogP contribution in [0.25, 0.3) is 0 Å². The summed E-state index contributed by atoms with van der Waals surface area (Å²) in [5, 5.41) is 6.90. The average molecular weight is 530 g/mol. The number of guanidine groups is 1. The standard InChI is InChI=1S/C22H38N6O.HI/c1-16(8-11-22(2,3)4)27-21(24-5)26-15-18-7-6-12-25-20(18)28-13-9-17(10-14-28)19(23)29;/h6-7,12,16-17H,8-11,13-15H2,1-5H3,(H2,23,29)(H2,24,26,27);1H. The van der Waals surface area contributed by atoms with Crippen LogP contribution < -0.4 is 21.3 Å². The van der Waals surface area contributed by atoms with E-state index >= 15 is 0 Å². The number of pyridine rings is 1. The van der Waals surface area contributed by atoms with Crippen molar-refractivity contribution in [3.63, 3.8) is 0 Å². The second kappa shape index (κ2) is 12.3. The molecule has 0 spiro atoms. The van der Waals surface area contributed by atoms with Crippen molar-refractivity contribution in [1.82, 2.24) is 15.6 Å². The monoisotopic (exact) mass is 530 g/mol. The zero-order valence-electron chi connectivity index (χ0n) is 19.1. The van der Waals surface area contributed by atoms with Gasteiger partial charge < -0.3 is 21.3 Å². The molecule has 1 unspecified atom stereocenters. The molecular weight excluding hydrogens is 491 g/mol. The number of carbonyl (C=O) groups excluding carboxylic acids is 1. The van der Waals surface area contributed by atoms with Gasteiger partial charge in [0.2, 0.25) is 5.91 Å². The molecule has 1 aromatic rings. The topological polar surface area (TPSA) is 95.6 Å². The van der Waals surface area contributed by atoms with Gasteiger partial charge in [-0.25, -0.2) is 4.98 Å². The fourth-order valence-corrected chi connectivity index (χ4v) is 3.56. The molecule has 1 fully saturated rings. The summed E-state index contributed by atoms with van der Waals surface area (Å²) in [4.78, 5) is 22.6. The van der Waals surface area contributed by atoms with E-state index in [9.17, 15) is 4.79 Å². The number of amides is 1. The highest BCUT2D eigenvalue weighted by Crippen LogP contribution is 2.24. The first-order valence-electron chi connectivity index (χ1n) is 10.6. The van der Waals surface area contributed by atoms with Crippen molar-refractivity contribution in [2.45, 2.75) is 66.0 Å². The van der Waals surface area contributed by atoms with E-state index in [1.807, 2.05) is 12.3 Å². The van der Waals surface area contributed by atoms with Crippen molar-refractivity contribution >= 4 is 41.7 Å². The largest absolute Gasteiger partial charge is 0.369 e. The zero-order chi connectivity index (χ0) is 21.4. The lowest BCUT2D eigenvalue weighted by Gasteiger charge is -2.32. The van der Waals surface area contributed by atoms with Crippen LogP contribution in [0.2, 0.25) is 0 Å². The molecule has 1 aliphatic rings. The molecule has 8 heteroatoms. The highest BCUT2D eigenvalue weighted by Gasteiger charge is 2.25. The Morgan fingerprint density at radius 2 is 2.03 bits per heavy atom. The van der Waals surface area contributed by atoms with E-state index < -0.39 is 0 Å². The summed E-state index contributed by atoms with van der Waals surface area (Å²) >= 11 is 0. The van der Waals surface area contributed by atoms with E-state index in [1.54, 1.807) is 7.05 Å². The van der Waals surface area contributed by atoms with Gasteiger partial charge in [0.25, 0.3) is 0 Å². The Morgan fingerprint density at radius 1 is 1.37 bits per heavy atom. The molecule has 1 atom stereocenters. The predicted molar refractivity (Wildman–Crippen MR) is 135 cm³/mol. The maximum atomic E-state index is 11.4. The molecule has 1 amide bonds. The Kier molecular flexibility index (Phi) is 10.9. The van der Waals surface area contributed by atoms with Crippen LogP contribution >= 0.6 is 24.0 Å². The third-order valence-electron chi connectivity index (χ3n) is 5.44. The Labute approximate surface area is 198 Å². The number of aliphatic imine (C=N–C) groups is 1. The number of carbonyl (C=O) groups is 1. The molecule has 1 aliphatic heterocycles. The van der Waals surface area contributed by atoms with Crippen LogP contribution in [0.15, 0.2) is 23.3 Å². The Bertz CT molecular complexity index is 695. The molecule has 0 bridgehead atoms. The molecule has 1 saturated heterocycles. The third-order valence-corrected chi connectivity index (χ3v) is 5.44. The van der Waals surface area contributed by atoms with Crippen LogP contribution in [-0.4, -0.2) is 43.0 Å². The van der Waals surface area contributed by atoms with Gasteiger partial charge in [-0.15, -0.1) is 24.0 Å². The molecule has 4 N–H and O–H groups in total. The first-order valence-corrected chi connectivity index (χ1v) is 10.6. The number of piperidine rings is 1. The number of primary amides is 1. The highest BCUT2D eigenvalue weighted by atomic mass is 127. The van der Waals surface area contributed by atoms with Crippen molar-refractivity contribution in [1.29, 1.82) is 0 Å². The normalized spacial score (nSPS) is 16.6. The minimum atomic E-state index is -0.192. The minimum Gasteiger partial charge on any atom is -0.369 e. The van der Waals surface area contributed by atoms with E-state index in [2.05, 4.69) is 59.3 Å². The third kappa shape index (κ3) is 8.65. The van der Waals surface area contributed by atoms with Crippen LogP contribution in [-0.2, 0) is 11.3 Å². The maximum Gasteiger partial charge on any atom is 0.220 e. The molecule has 0 aromatic carbocycles. The SMILES string of the molecule is CN=C(NCc1cccnc1N1CCC(C(N)=O)CC1)NC(C)CCC(C)(C)C.I. The lowest BCUT2D eigenvalue weighted by atomic mass is 9.89. The van der Waals surface area contributed by atoms with Crippen LogP contribution in [0.3, 0.4) is 0 Å². The Morgan fingerprint density at radius 3 is 2.60 bits per heavy atom. The number of anilines is 1. The van der Waals surface area contributed by atoms with Crippen molar-refractivity contribution in [2.75, 3.05) is 25.0 Å². The van der Waals surface area contributed by atoms with Gasteiger partial charge in [0.15, 0.2) is 5.96 Å². The van der Waals surface area contributed by atoms with E-state index in [-0.39, 0.29) is 35.8 Å². The van der Waals surface area contributed by atoms with Gasteiger partial charge in [-0.05, 0) is 44.1 Å². The molecular formula is C22H39IN6O. The molecule has 30 heavy (non-hydrogen) atoms. The van der Waals surface area contributed by atoms with Crippen LogP contribution in [0.1, 0.15) is 58.9 Å². The summed E-state index contributed by atoms with van der Waals surface area (Å²) in [6.07, 6.45) is 5.64. The number of hydrogen-bond acceptors (Lipinski definition) is 4. The smallest absolute Gasteiger partial charge is 0.220 e. The van der Waals surface area contributed by atoms with Gasteiger partial charge in [0.05, 0.1) is 0 Å². The summed E-state index contributed by atoms with van der Waals surface area (Å²) < 4.78 is 0. The fourth-order valence-electron chi connectivity index (χ4n) is 3.56. The summed E-state index contributed by atoms with van der Waals surface area (Å²) in [7, 11) is 1.80. The van der Waals surface area contributed by atoms with E-state index in [1.165, 1.54) is 0 Å². The van der Waals surface area contributed by atoms with Gasteiger partial charge in [0, 0.05) is 50.4 Å². The Hall–Kier alpha value is -1.58. The quantitative estimate of drug-likeness (QED) is 0.286. The van der Waals surface area contributed by atoms with Gasteiger partial charge >= 0.3 is 0 Å². The molecule has 0 aliphatic carbocycles.